The Morgan fingerprint density at radius 2 is 1.75 bits per heavy atom. The molecule has 1 fully saturated rings. The predicted molar refractivity (Wildman–Crippen MR) is 102 cm³/mol. The first-order chi connectivity index (χ1) is 13.5. The lowest BCUT2D eigenvalue weighted by atomic mass is 10.1. The van der Waals surface area contributed by atoms with Crippen LogP contribution in [0.1, 0.15) is 15.9 Å². The second-order valence-electron chi connectivity index (χ2n) is 6.59. The maximum absolute atomic E-state index is 12.9. The first kappa shape index (κ1) is 19.8. The van der Waals surface area contributed by atoms with Gasteiger partial charge in [0, 0.05) is 32.7 Å². The van der Waals surface area contributed by atoms with Gasteiger partial charge in [-0.25, -0.2) is 9.18 Å². The van der Waals surface area contributed by atoms with Gasteiger partial charge in [-0.3, -0.25) is 9.69 Å². The molecule has 1 amide bonds. The van der Waals surface area contributed by atoms with Crippen molar-refractivity contribution in [1.82, 2.24) is 9.80 Å². The van der Waals surface area contributed by atoms with Gasteiger partial charge in [0.15, 0.2) is 6.61 Å². The van der Waals surface area contributed by atoms with Gasteiger partial charge in [0.1, 0.15) is 11.6 Å². The number of hydrogen-bond donors (Lipinski definition) is 0. The van der Waals surface area contributed by atoms with E-state index in [0.29, 0.717) is 30.9 Å². The molecule has 1 saturated heterocycles. The lowest BCUT2D eigenvalue weighted by Crippen LogP contribution is -2.49. The Hall–Kier alpha value is -2.93. The molecule has 7 heteroatoms. The minimum absolute atomic E-state index is 0.0627. The fourth-order valence-electron chi connectivity index (χ4n) is 3.10. The number of benzene rings is 2. The van der Waals surface area contributed by atoms with E-state index in [1.54, 1.807) is 11.0 Å². The Morgan fingerprint density at radius 1 is 1.04 bits per heavy atom. The number of nitrogens with zero attached hydrogens (tertiary/aromatic N) is 2. The maximum Gasteiger partial charge on any atom is 0.337 e. The van der Waals surface area contributed by atoms with Gasteiger partial charge in [-0.2, -0.15) is 0 Å². The fraction of sp³-hybridized carbons (Fsp3) is 0.333. The maximum atomic E-state index is 12.9. The number of carbonyl (C=O) groups excluding carboxylic acids is 2. The molecule has 0 spiro atoms. The van der Waals surface area contributed by atoms with Crippen LogP contribution in [0.25, 0.3) is 0 Å². The molecule has 2 aromatic rings. The monoisotopic (exact) mass is 386 g/mol. The van der Waals surface area contributed by atoms with Crippen LogP contribution in [0.4, 0.5) is 4.39 Å². The summed E-state index contributed by atoms with van der Waals surface area (Å²) in [7, 11) is 1.37. The number of methoxy groups -OCH3 is 1. The van der Waals surface area contributed by atoms with E-state index in [4.69, 9.17) is 9.47 Å². The molecule has 0 bridgehead atoms. The molecule has 0 aromatic heterocycles. The van der Waals surface area contributed by atoms with Crippen LogP contribution in [0.2, 0.25) is 0 Å². The standard InChI is InChI=1S/C21H23FN2O4/c1-27-21(26)17-4-2-3-16(13-17)14-23-9-11-24(12-10-23)20(25)15-28-19-7-5-18(22)6-8-19/h2-8,13H,9-12,14-15H2,1H3. The molecule has 0 radical (unpaired) electrons. The number of rotatable bonds is 6. The Morgan fingerprint density at radius 3 is 2.43 bits per heavy atom. The van der Waals surface area contributed by atoms with Crippen molar-refractivity contribution in [2.45, 2.75) is 6.54 Å². The van der Waals surface area contributed by atoms with Crippen LogP contribution in [0.15, 0.2) is 48.5 Å². The molecule has 1 aliphatic rings. The van der Waals surface area contributed by atoms with Crippen LogP contribution < -0.4 is 4.74 Å². The van der Waals surface area contributed by atoms with E-state index in [9.17, 15) is 14.0 Å². The van der Waals surface area contributed by atoms with Crippen LogP contribution in [0.3, 0.4) is 0 Å². The van der Waals surface area contributed by atoms with Crippen LogP contribution >= 0.6 is 0 Å². The van der Waals surface area contributed by atoms with Gasteiger partial charge in [0.05, 0.1) is 12.7 Å². The number of carbonyl (C=O) groups is 2. The fourth-order valence-corrected chi connectivity index (χ4v) is 3.10. The van der Waals surface area contributed by atoms with Crippen molar-refractivity contribution in [1.29, 1.82) is 0 Å². The summed E-state index contributed by atoms with van der Waals surface area (Å²) in [4.78, 5) is 28.0. The van der Waals surface area contributed by atoms with Crippen molar-refractivity contribution >= 4 is 11.9 Å². The summed E-state index contributed by atoms with van der Waals surface area (Å²) in [6.07, 6.45) is 0. The summed E-state index contributed by atoms with van der Waals surface area (Å²) in [5, 5.41) is 0. The number of esters is 1. The SMILES string of the molecule is COC(=O)c1cccc(CN2CCN(C(=O)COc3ccc(F)cc3)CC2)c1. The van der Waals surface area contributed by atoms with E-state index in [-0.39, 0.29) is 24.3 Å². The first-order valence-electron chi connectivity index (χ1n) is 9.11. The first-order valence-corrected chi connectivity index (χ1v) is 9.11. The van der Waals surface area contributed by atoms with Crippen molar-refractivity contribution < 1.29 is 23.5 Å². The largest absolute Gasteiger partial charge is 0.484 e. The average Bonchev–Trinajstić information content (AvgIpc) is 2.73. The van der Waals surface area contributed by atoms with Gasteiger partial charge in [0.2, 0.25) is 0 Å². The van der Waals surface area contributed by atoms with E-state index >= 15 is 0 Å². The van der Waals surface area contributed by atoms with Crippen molar-refractivity contribution in [3.8, 4) is 5.75 Å². The summed E-state index contributed by atoms with van der Waals surface area (Å²) in [6.45, 7) is 3.35. The van der Waals surface area contributed by atoms with Crippen molar-refractivity contribution in [2.75, 3.05) is 39.9 Å². The lowest BCUT2D eigenvalue weighted by molar-refractivity contribution is -0.135. The topological polar surface area (TPSA) is 59.1 Å². The Bertz CT molecular complexity index is 817. The molecule has 1 heterocycles. The molecule has 0 aliphatic carbocycles. The zero-order valence-corrected chi connectivity index (χ0v) is 15.8. The van der Waals surface area contributed by atoms with Crippen LogP contribution in [-0.2, 0) is 16.1 Å². The van der Waals surface area contributed by atoms with E-state index in [2.05, 4.69) is 4.90 Å². The molecule has 6 nitrogen and oxygen atoms in total. The Balaban J connectivity index is 1.45. The zero-order valence-electron chi connectivity index (χ0n) is 15.8. The van der Waals surface area contributed by atoms with Gasteiger partial charge in [-0.05, 0) is 42.0 Å². The molecular formula is C21H23FN2O4. The minimum Gasteiger partial charge on any atom is -0.484 e. The Kier molecular flexibility index (Phi) is 6.60. The molecule has 0 saturated carbocycles. The quantitative estimate of drug-likeness (QED) is 0.714. The highest BCUT2D eigenvalue weighted by molar-refractivity contribution is 5.89. The summed E-state index contributed by atoms with van der Waals surface area (Å²) >= 11 is 0. The second kappa shape index (κ2) is 9.32. The third kappa shape index (κ3) is 5.29. The van der Waals surface area contributed by atoms with Crippen LogP contribution in [0.5, 0.6) is 5.75 Å². The molecule has 28 heavy (non-hydrogen) atoms. The zero-order chi connectivity index (χ0) is 19.9. The van der Waals surface area contributed by atoms with E-state index in [0.717, 1.165) is 18.7 Å². The number of ether oxygens (including phenoxy) is 2. The molecular weight excluding hydrogens is 363 g/mol. The third-order valence-electron chi connectivity index (χ3n) is 4.66. The van der Waals surface area contributed by atoms with Crippen LogP contribution in [-0.4, -0.2) is 61.6 Å². The number of amides is 1. The van der Waals surface area contributed by atoms with E-state index in [1.165, 1.54) is 31.4 Å². The predicted octanol–water partition coefficient (Wildman–Crippen LogP) is 2.34. The van der Waals surface area contributed by atoms with E-state index in [1.807, 2.05) is 18.2 Å². The summed E-state index contributed by atoms with van der Waals surface area (Å²) in [6, 6.07) is 13.0. The number of halogens is 1. The Labute approximate surface area is 163 Å². The minimum atomic E-state index is -0.349. The molecule has 0 unspecified atom stereocenters. The van der Waals surface area contributed by atoms with Crippen molar-refractivity contribution in [2.24, 2.45) is 0 Å². The molecule has 3 rings (SSSR count). The van der Waals surface area contributed by atoms with Gasteiger partial charge in [-0.15, -0.1) is 0 Å². The molecule has 2 aromatic carbocycles. The molecule has 0 N–H and O–H groups in total. The average molecular weight is 386 g/mol. The highest BCUT2D eigenvalue weighted by Crippen LogP contribution is 2.13. The summed E-state index contributed by atoms with van der Waals surface area (Å²) in [5.74, 6) is -0.305. The van der Waals surface area contributed by atoms with Crippen LogP contribution in [0, 0.1) is 5.82 Å². The second-order valence-corrected chi connectivity index (χ2v) is 6.59. The summed E-state index contributed by atoms with van der Waals surface area (Å²) in [5.41, 5.74) is 1.56. The van der Waals surface area contributed by atoms with Gasteiger partial charge < -0.3 is 14.4 Å². The third-order valence-corrected chi connectivity index (χ3v) is 4.66. The molecule has 1 aliphatic heterocycles. The summed E-state index contributed by atoms with van der Waals surface area (Å²) < 4.78 is 23.1. The highest BCUT2D eigenvalue weighted by atomic mass is 19.1. The molecule has 0 atom stereocenters. The van der Waals surface area contributed by atoms with E-state index < -0.39 is 0 Å². The van der Waals surface area contributed by atoms with Crippen molar-refractivity contribution in [3.63, 3.8) is 0 Å². The van der Waals surface area contributed by atoms with Gasteiger partial charge in [0.25, 0.3) is 5.91 Å². The lowest BCUT2D eigenvalue weighted by Gasteiger charge is -2.34. The normalized spacial score (nSPS) is 14.6. The number of hydrogen-bond acceptors (Lipinski definition) is 5. The van der Waals surface area contributed by atoms with Crippen molar-refractivity contribution in [3.05, 3.63) is 65.5 Å². The molecule has 148 valence electrons. The highest BCUT2D eigenvalue weighted by Gasteiger charge is 2.21. The smallest absolute Gasteiger partial charge is 0.337 e. The number of piperazine rings is 1. The van der Waals surface area contributed by atoms with Gasteiger partial charge in [-0.1, -0.05) is 12.1 Å². The van der Waals surface area contributed by atoms with Gasteiger partial charge >= 0.3 is 5.97 Å².